The average Bonchev–Trinajstić information content (AvgIpc) is 3.01. The fourth-order valence-corrected chi connectivity index (χ4v) is 5.85. The molecule has 3 heteroatoms. The highest BCUT2D eigenvalue weighted by Gasteiger charge is 2.68. The van der Waals surface area contributed by atoms with Crippen molar-refractivity contribution in [2.24, 2.45) is 17.3 Å². The molecular weight excluding hydrogens is 382 g/mol. The summed E-state index contributed by atoms with van der Waals surface area (Å²) in [5, 5.41) is 0. The molecule has 1 saturated heterocycles. The van der Waals surface area contributed by atoms with E-state index in [9.17, 15) is 0 Å². The number of benzene rings is 2. The van der Waals surface area contributed by atoms with Crippen molar-refractivity contribution >= 4 is 0 Å². The van der Waals surface area contributed by atoms with Crippen LogP contribution in [0.15, 0.2) is 54.6 Å². The van der Waals surface area contributed by atoms with Crippen molar-refractivity contribution in [1.29, 1.82) is 0 Å². The molecule has 1 atom stereocenters. The molecule has 1 fully saturated rings. The van der Waals surface area contributed by atoms with E-state index in [1.807, 2.05) is 0 Å². The molecule has 170 valence electrons. The van der Waals surface area contributed by atoms with Crippen LogP contribution in [-0.2, 0) is 11.3 Å². The van der Waals surface area contributed by atoms with Crippen molar-refractivity contribution in [1.82, 2.24) is 0 Å². The fourth-order valence-electron chi connectivity index (χ4n) is 5.85. The van der Waals surface area contributed by atoms with E-state index in [1.54, 1.807) is 0 Å². The van der Waals surface area contributed by atoms with Gasteiger partial charge in [0.2, 0.25) is 0 Å². The molecule has 1 aliphatic heterocycles. The lowest BCUT2D eigenvalue weighted by Gasteiger charge is -2.53. The third kappa shape index (κ3) is 4.83. The van der Waals surface area contributed by atoms with Gasteiger partial charge in [0, 0.05) is 5.56 Å². The second-order valence-corrected chi connectivity index (χ2v) is 10.9. The quantitative estimate of drug-likeness (QED) is 0.325. The van der Waals surface area contributed by atoms with Gasteiger partial charge in [-0.2, -0.15) is 0 Å². The van der Waals surface area contributed by atoms with Gasteiger partial charge in [0.25, 0.3) is 0 Å². The van der Waals surface area contributed by atoms with Gasteiger partial charge < -0.3 is 4.74 Å². The molecule has 0 amide bonds. The van der Waals surface area contributed by atoms with E-state index in [0.29, 0.717) is 16.3 Å². The first kappa shape index (κ1) is 23.8. The van der Waals surface area contributed by atoms with E-state index >= 15 is 0 Å². The SMILES string of the molecule is Cc1ccccc1OC1([N+](C)(C)Cc2ccccc2)OCCC1(CC(C)C)CC(C)C. The van der Waals surface area contributed by atoms with Gasteiger partial charge in [-0.25, -0.2) is 0 Å². The van der Waals surface area contributed by atoms with Crippen molar-refractivity contribution < 1.29 is 14.0 Å². The highest BCUT2D eigenvalue weighted by molar-refractivity contribution is 5.32. The van der Waals surface area contributed by atoms with E-state index in [2.05, 4.69) is 103 Å². The number of hydrogen-bond donors (Lipinski definition) is 0. The number of hydrogen-bond acceptors (Lipinski definition) is 2. The zero-order valence-electron chi connectivity index (χ0n) is 20.7. The standard InChI is InChI=1S/C28H42NO2/c1-22(2)19-27(20-23(3)4)17-18-30-28(27,31-26-16-12-11-13-24(26)5)29(6,7)21-25-14-9-8-10-15-25/h8-16,22-23H,17-21H2,1-7H3/q+1. The molecule has 0 aromatic heterocycles. The molecule has 1 aliphatic rings. The maximum Gasteiger partial charge on any atom is 0.366 e. The van der Waals surface area contributed by atoms with Gasteiger partial charge in [0.05, 0.1) is 26.1 Å². The highest BCUT2D eigenvalue weighted by Crippen LogP contribution is 2.56. The molecule has 3 rings (SSSR count). The minimum atomic E-state index is -0.747. The Bertz CT molecular complexity index is 833. The van der Waals surface area contributed by atoms with Crippen LogP contribution >= 0.6 is 0 Å². The monoisotopic (exact) mass is 424 g/mol. The fraction of sp³-hybridized carbons (Fsp3) is 0.571. The van der Waals surface area contributed by atoms with Crippen molar-refractivity contribution in [2.75, 3.05) is 20.7 Å². The minimum absolute atomic E-state index is 0.0596. The number of para-hydroxylation sites is 1. The lowest BCUT2D eigenvalue weighted by atomic mass is 9.69. The van der Waals surface area contributed by atoms with Crippen LogP contribution in [0.5, 0.6) is 5.75 Å². The first-order valence-corrected chi connectivity index (χ1v) is 11.9. The van der Waals surface area contributed by atoms with Crippen LogP contribution in [0.4, 0.5) is 0 Å². The molecule has 2 aromatic carbocycles. The summed E-state index contributed by atoms with van der Waals surface area (Å²) in [6, 6.07) is 19.1. The number of aryl methyl sites for hydroxylation is 1. The van der Waals surface area contributed by atoms with E-state index in [-0.39, 0.29) is 5.41 Å². The van der Waals surface area contributed by atoms with Gasteiger partial charge in [-0.1, -0.05) is 76.2 Å². The Morgan fingerprint density at radius 2 is 1.48 bits per heavy atom. The molecule has 0 spiro atoms. The zero-order valence-corrected chi connectivity index (χ0v) is 20.7. The normalized spacial score (nSPS) is 21.1. The second kappa shape index (κ2) is 9.34. The first-order chi connectivity index (χ1) is 14.6. The van der Waals surface area contributed by atoms with Gasteiger partial charge in [-0.3, -0.25) is 9.22 Å². The van der Waals surface area contributed by atoms with Crippen LogP contribution < -0.4 is 4.74 Å². The molecule has 1 heterocycles. The summed E-state index contributed by atoms with van der Waals surface area (Å²) in [7, 11) is 4.57. The molecule has 0 N–H and O–H groups in total. The molecule has 2 aromatic rings. The Morgan fingerprint density at radius 3 is 2.06 bits per heavy atom. The Kier molecular flexibility index (Phi) is 7.18. The molecule has 3 nitrogen and oxygen atoms in total. The van der Waals surface area contributed by atoms with Gasteiger partial charge >= 0.3 is 5.91 Å². The Hall–Kier alpha value is -1.84. The first-order valence-electron chi connectivity index (χ1n) is 11.9. The average molecular weight is 425 g/mol. The van der Waals surface area contributed by atoms with E-state index in [0.717, 1.165) is 43.7 Å². The third-order valence-electron chi connectivity index (χ3n) is 6.71. The van der Waals surface area contributed by atoms with E-state index < -0.39 is 5.91 Å². The maximum absolute atomic E-state index is 7.10. The van der Waals surface area contributed by atoms with Crippen LogP contribution in [0.2, 0.25) is 0 Å². The van der Waals surface area contributed by atoms with Crippen LogP contribution in [0.25, 0.3) is 0 Å². The molecular formula is C28H42NO2+. The largest absolute Gasteiger partial charge is 0.416 e. The summed E-state index contributed by atoms with van der Waals surface area (Å²) in [5.74, 6) is 1.32. The van der Waals surface area contributed by atoms with Gasteiger partial charge in [0.15, 0.2) is 0 Å². The van der Waals surface area contributed by atoms with Crippen LogP contribution in [0, 0.1) is 24.2 Å². The Morgan fingerprint density at radius 1 is 0.903 bits per heavy atom. The topological polar surface area (TPSA) is 18.5 Å². The van der Waals surface area contributed by atoms with Crippen molar-refractivity contribution in [2.45, 2.75) is 66.3 Å². The summed E-state index contributed by atoms with van der Waals surface area (Å²) in [6.45, 7) is 13.0. The van der Waals surface area contributed by atoms with Crippen molar-refractivity contribution in [3.8, 4) is 5.75 Å². The minimum Gasteiger partial charge on any atom is -0.416 e. The van der Waals surface area contributed by atoms with Crippen LogP contribution in [-0.4, -0.2) is 31.1 Å². The summed E-state index contributed by atoms with van der Waals surface area (Å²) >= 11 is 0. The lowest BCUT2D eigenvalue weighted by Crippen LogP contribution is -2.70. The molecule has 0 radical (unpaired) electrons. The number of rotatable bonds is 9. The Labute approximate surface area is 190 Å². The van der Waals surface area contributed by atoms with E-state index in [1.165, 1.54) is 5.56 Å². The summed E-state index contributed by atoms with van der Waals surface area (Å²) in [4.78, 5) is 0. The smallest absolute Gasteiger partial charge is 0.366 e. The molecule has 0 saturated carbocycles. The van der Waals surface area contributed by atoms with Crippen molar-refractivity contribution in [3.63, 3.8) is 0 Å². The molecule has 0 aliphatic carbocycles. The number of ether oxygens (including phenoxy) is 2. The maximum atomic E-state index is 7.10. The number of quaternary nitrogens is 1. The van der Waals surface area contributed by atoms with Gasteiger partial charge in [-0.05, 0) is 49.7 Å². The van der Waals surface area contributed by atoms with E-state index in [4.69, 9.17) is 9.47 Å². The summed E-state index contributed by atoms with van der Waals surface area (Å²) < 4.78 is 14.5. The summed E-state index contributed by atoms with van der Waals surface area (Å²) in [6.07, 6.45) is 3.22. The zero-order chi connectivity index (χ0) is 22.7. The lowest BCUT2D eigenvalue weighted by molar-refractivity contribution is -1.01. The molecule has 31 heavy (non-hydrogen) atoms. The van der Waals surface area contributed by atoms with Gasteiger partial charge in [0.1, 0.15) is 12.3 Å². The van der Waals surface area contributed by atoms with Crippen molar-refractivity contribution in [3.05, 3.63) is 65.7 Å². The molecule has 1 unspecified atom stereocenters. The summed E-state index contributed by atoms with van der Waals surface area (Å²) in [5.41, 5.74) is 2.40. The van der Waals surface area contributed by atoms with Crippen LogP contribution in [0.3, 0.4) is 0 Å². The second-order valence-electron chi connectivity index (χ2n) is 10.9. The predicted molar refractivity (Wildman–Crippen MR) is 129 cm³/mol. The number of nitrogens with zero attached hydrogens (tertiary/aromatic N) is 1. The van der Waals surface area contributed by atoms with Gasteiger partial charge in [-0.15, -0.1) is 0 Å². The highest BCUT2D eigenvalue weighted by atomic mass is 16.7. The molecule has 0 bridgehead atoms. The predicted octanol–water partition coefficient (Wildman–Crippen LogP) is 6.80. The third-order valence-corrected chi connectivity index (χ3v) is 6.71. The van der Waals surface area contributed by atoms with Crippen LogP contribution in [0.1, 0.15) is 58.1 Å². The Balaban J connectivity index is 2.15.